The fourth-order valence-electron chi connectivity index (χ4n) is 2.84. The van der Waals surface area contributed by atoms with Crippen LogP contribution in [-0.2, 0) is 17.4 Å². The highest BCUT2D eigenvalue weighted by atomic mass is 16.3. The second kappa shape index (κ2) is 5.99. The maximum absolute atomic E-state index is 12.1. The predicted molar refractivity (Wildman–Crippen MR) is 89.9 cm³/mol. The molecule has 0 aliphatic heterocycles. The van der Waals surface area contributed by atoms with Gasteiger partial charge in [0.1, 0.15) is 6.04 Å². The standard InChI is InChI=1S/C17H23N5O2/c1-10-13(9-22(3)21-10)14-5-4-12(8-19-14)17(6-7-17)20-16(24)15(18)11(2)23/h4-5,8-9,11,15,23H,6-7,18H2,1-3H3,(H,20,24)/t11-,15+/m1/s1. The molecule has 2 heterocycles. The molecule has 0 spiro atoms. The lowest BCUT2D eigenvalue weighted by atomic mass is 10.0. The summed E-state index contributed by atoms with van der Waals surface area (Å²) in [7, 11) is 1.88. The predicted octanol–water partition coefficient (Wildman–Crippen LogP) is 0.604. The molecule has 1 amide bonds. The first-order valence-electron chi connectivity index (χ1n) is 8.05. The van der Waals surface area contributed by atoms with Gasteiger partial charge in [0.05, 0.1) is 23.0 Å². The van der Waals surface area contributed by atoms with Crippen molar-refractivity contribution in [1.29, 1.82) is 0 Å². The molecule has 3 rings (SSSR count). The first-order chi connectivity index (χ1) is 11.3. The Bertz CT molecular complexity index is 747. The minimum atomic E-state index is -0.923. The summed E-state index contributed by atoms with van der Waals surface area (Å²) in [6.07, 6.45) is 4.54. The van der Waals surface area contributed by atoms with E-state index in [0.717, 1.165) is 35.4 Å². The van der Waals surface area contributed by atoms with E-state index in [2.05, 4.69) is 15.4 Å². The lowest BCUT2D eigenvalue weighted by Crippen LogP contribution is -2.50. The molecule has 0 aromatic carbocycles. The Balaban J connectivity index is 1.78. The van der Waals surface area contributed by atoms with Crippen LogP contribution in [0.3, 0.4) is 0 Å². The highest BCUT2D eigenvalue weighted by Gasteiger charge is 2.46. The van der Waals surface area contributed by atoms with Crippen LogP contribution in [0.5, 0.6) is 0 Å². The Kier molecular flexibility index (Phi) is 4.15. The summed E-state index contributed by atoms with van der Waals surface area (Å²) in [6, 6.07) is 3.00. The van der Waals surface area contributed by atoms with Gasteiger partial charge in [-0.2, -0.15) is 5.10 Å². The van der Waals surface area contributed by atoms with E-state index in [1.165, 1.54) is 6.92 Å². The van der Waals surface area contributed by atoms with E-state index in [-0.39, 0.29) is 5.91 Å². The fourth-order valence-corrected chi connectivity index (χ4v) is 2.84. The topological polar surface area (TPSA) is 106 Å². The van der Waals surface area contributed by atoms with Crippen LogP contribution in [0.15, 0.2) is 24.5 Å². The fraction of sp³-hybridized carbons (Fsp3) is 0.471. The summed E-state index contributed by atoms with van der Waals surface area (Å²) in [6.45, 7) is 3.46. The van der Waals surface area contributed by atoms with Crippen molar-refractivity contribution in [2.45, 2.75) is 44.4 Å². The summed E-state index contributed by atoms with van der Waals surface area (Å²) in [5, 5.41) is 16.8. The summed E-state index contributed by atoms with van der Waals surface area (Å²) < 4.78 is 1.76. The lowest BCUT2D eigenvalue weighted by molar-refractivity contribution is -0.125. The van der Waals surface area contributed by atoms with Gasteiger partial charge in [-0.15, -0.1) is 0 Å². The monoisotopic (exact) mass is 329 g/mol. The molecule has 2 aromatic heterocycles. The second-order valence-electron chi connectivity index (χ2n) is 6.57. The number of aliphatic hydroxyl groups excluding tert-OH is 1. The Hall–Kier alpha value is -2.25. The minimum Gasteiger partial charge on any atom is -0.391 e. The summed E-state index contributed by atoms with van der Waals surface area (Å²) >= 11 is 0. The minimum absolute atomic E-state index is 0.338. The molecule has 7 heteroatoms. The molecule has 0 unspecified atom stereocenters. The number of nitrogens with zero attached hydrogens (tertiary/aromatic N) is 3. The van der Waals surface area contributed by atoms with Crippen LogP contribution in [0, 0.1) is 6.92 Å². The quantitative estimate of drug-likeness (QED) is 0.745. The van der Waals surface area contributed by atoms with E-state index in [1.807, 2.05) is 32.3 Å². The summed E-state index contributed by atoms with van der Waals surface area (Å²) in [5.41, 5.74) is 9.03. The Morgan fingerprint density at radius 1 is 1.46 bits per heavy atom. The molecule has 0 bridgehead atoms. The molecule has 1 aliphatic rings. The molecule has 2 aromatic rings. The first-order valence-corrected chi connectivity index (χ1v) is 8.05. The molecule has 128 valence electrons. The van der Waals surface area contributed by atoms with Crippen molar-refractivity contribution >= 4 is 5.91 Å². The number of carbonyl (C=O) groups excluding carboxylic acids is 1. The van der Waals surface area contributed by atoms with E-state index in [4.69, 9.17) is 5.73 Å². The number of aliphatic hydroxyl groups is 1. The third-order valence-electron chi connectivity index (χ3n) is 4.54. The van der Waals surface area contributed by atoms with Crippen molar-refractivity contribution in [3.8, 4) is 11.3 Å². The van der Waals surface area contributed by atoms with Crippen LogP contribution in [0.25, 0.3) is 11.3 Å². The normalized spacial score (nSPS) is 18.0. The highest BCUT2D eigenvalue weighted by Crippen LogP contribution is 2.45. The molecule has 1 saturated carbocycles. The van der Waals surface area contributed by atoms with Crippen LogP contribution >= 0.6 is 0 Å². The van der Waals surface area contributed by atoms with Gasteiger partial charge in [0.2, 0.25) is 5.91 Å². The van der Waals surface area contributed by atoms with E-state index >= 15 is 0 Å². The molecular weight excluding hydrogens is 306 g/mol. The Morgan fingerprint density at radius 2 is 2.17 bits per heavy atom. The van der Waals surface area contributed by atoms with Gasteiger partial charge in [-0.25, -0.2) is 0 Å². The van der Waals surface area contributed by atoms with E-state index < -0.39 is 17.7 Å². The van der Waals surface area contributed by atoms with Crippen molar-refractivity contribution in [2.75, 3.05) is 0 Å². The third kappa shape index (κ3) is 3.05. The number of aryl methyl sites for hydroxylation is 2. The number of aromatic nitrogens is 3. The van der Waals surface area contributed by atoms with Crippen LogP contribution < -0.4 is 11.1 Å². The average Bonchev–Trinajstić information content (AvgIpc) is 3.24. The molecule has 1 aliphatic carbocycles. The van der Waals surface area contributed by atoms with Gasteiger partial charge < -0.3 is 16.2 Å². The Labute approximate surface area is 140 Å². The zero-order valence-corrected chi connectivity index (χ0v) is 14.2. The summed E-state index contributed by atoms with van der Waals surface area (Å²) in [5.74, 6) is -0.338. The van der Waals surface area contributed by atoms with E-state index in [9.17, 15) is 9.90 Å². The van der Waals surface area contributed by atoms with Crippen molar-refractivity contribution < 1.29 is 9.90 Å². The Morgan fingerprint density at radius 3 is 2.62 bits per heavy atom. The molecule has 24 heavy (non-hydrogen) atoms. The largest absolute Gasteiger partial charge is 0.391 e. The lowest BCUT2D eigenvalue weighted by Gasteiger charge is -2.22. The van der Waals surface area contributed by atoms with Crippen molar-refractivity contribution in [3.05, 3.63) is 35.8 Å². The van der Waals surface area contributed by atoms with Crippen molar-refractivity contribution in [3.63, 3.8) is 0 Å². The zero-order valence-electron chi connectivity index (χ0n) is 14.2. The van der Waals surface area contributed by atoms with Crippen LogP contribution in [0.1, 0.15) is 31.0 Å². The number of nitrogens with one attached hydrogen (secondary N) is 1. The number of carbonyl (C=O) groups is 1. The highest BCUT2D eigenvalue weighted by molar-refractivity contribution is 5.83. The average molecular weight is 329 g/mol. The van der Waals surface area contributed by atoms with Crippen molar-refractivity contribution in [1.82, 2.24) is 20.1 Å². The van der Waals surface area contributed by atoms with Crippen molar-refractivity contribution in [2.24, 2.45) is 12.8 Å². The van der Waals surface area contributed by atoms with Gasteiger partial charge in [0.15, 0.2) is 0 Å². The maximum Gasteiger partial charge on any atom is 0.240 e. The second-order valence-corrected chi connectivity index (χ2v) is 6.57. The smallest absolute Gasteiger partial charge is 0.240 e. The van der Waals surface area contributed by atoms with Gasteiger partial charge in [0, 0.05) is 25.0 Å². The van der Waals surface area contributed by atoms with Crippen LogP contribution in [0.2, 0.25) is 0 Å². The number of rotatable bonds is 5. The van der Waals surface area contributed by atoms with Crippen LogP contribution in [-0.4, -0.2) is 37.9 Å². The van der Waals surface area contributed by atoms with E-state index in [1.54, 1.807) is 10.9 Å². The summed E-state index contributed by atoms with van der Waals surface area (Å²) in [4.78, 5) is 16.7. The molecule has 1 fully saturated rings. The van der Waals surface area contributed by atoms with Gasteiger partial charge in [-0.05, 0) is 38.3 Å². The van der Waals surface area contributed by atoms with Gasteiger partial charge >= 0.3 is 0 Å². The molecule has 4 N–H and O–H groups in total. The maximum atomic E-state index is 12.1. The van der Waals surface area contributed by atoms with Gasteiger partial charge in [-0.3, -0.25) is 14.5 Å². The van der Waals surface area contributed by atoms with Gasteiger partial charge in [-0.1, -0.05) is 6.07 Å². The third-order valence-corrected chi connectivity index (χ3v) is 4.54. The molecule has 7 nitrogen and oxygen atoms in total. The molecule has 0 saturated heterocycles. The number of hydrogen-bond donors (Lipinski definition) is 3. The SMILES string of the molecule is Cc1nn(C)cc1-c1ccc(C2(NC(=O)[C@@H](N)[C@@H](C)O)CC2)cn1. The zero-order chi connectivity index (χ0) is 17.5. The molecule has 2 atom stereocenters. The van der Waals surface area contributed by atoms with Crippen LogP contribution in [0.4, 0.5) is 0 Å². The first kappa shape index (κ1) is 16.6. The molecule has 0 radical (unpaired) electrons. The number of amides is 1. The number of hydrogen-bond acceptors (Lipinski definition) is 5. The number of pyridine rings is 1. The van der Waals surface area contributed by atoms with Gasteiger partial charge in [0.25, 0.3) is 0 Å². The molecular formula is C17H23N5O2. The van der Waals surface area contributed by atoms with E-state index in [0.29, 0.717) is 0 Å². The number of nitrogens with two attached hydrogens (primary N) is 1.